The summed E-state index contributed by atoms with van der Waals surface area (Å²) in [7, 11) is 0. The van der Waals surface area contributed by atoms with Gasteiger partial charge in [0.2, 0.25) is 0 Å². The molecule has 1 nitrogen and oxygen atoms in total. The third-order valence-corrected chi connectivity index (χ3v) is 6.35. The van der Waals surface area contributed by atoms with E-state index in [1.165, 1.54) is 57.8 Å². The van der Waals surface area contributed by atoms with Crippen LogP contribution in [0, 0.1) is 17.3 Å². The van der Waals surface area contributed by atoms with E-state index >= 15 is 0 Å². The Morgan fingerprint density at radius 3 is 2.47 bits per heavy atom. The summed E-state index contributed by atoms with van der Waals surface area (Å²) in [5, 5.41) is 1.16. The van der Waals surface area contributed by atoms with E-state index in [2.05, 4.69) is 15.9 Å². The van der Waals surface area contributed by atoms with Crippen LogP contribution in [0.15, 0.2) is 0 Å². The number of ether oxygens (including phenoxy) is 1. The molecule has 2 heteroatoms. The standard InChI is InChI=1S/C15H25BrO/c16-11-15(10-12-4-2-1-3-5-12)8-9-17-14(15)13-6-7-13/h12-14H,1-11H2. The van der Waals surface area contributed by atoms with Gasteiger partial charge in [0.25, 0.3) is 0 Å². The van der Waals surface area contributed by atoms with E-state index in [1.807, 2.05) is 0 Å². The van der Waals surface area contributed by atoms with E-state index in [-0.39, 0.29) is 0 Å². The Morgan fingerprint density at radius 1 is 1.06 bits per heavy atom. The molecule has 2 saturated carbocycles. The molecule has 0 aromatic carbocycles. The Bertz CT molecular complexity index is 258. The number of hydrogen-bond acceptors (Lipinski definition) is 1. The van der Waals surface area contributed by atoms with Crippen LogP contribution in [0.2, 0.25) is 0 Å². The fraction of sp³-hybridized carbons (Fsp3) is 1.00. The van der Waals surface area contributed by atoms with Gasteiger partial charge in [0.15, 0.2) is 0 Å². The second-order valence-electron chi connectivity index (χ2n) is 6.58. The smallest absolute Gasteiger partial charge is 0.0668 e. The minimum atomic E-state index is 0.489. The Kier molecular flexibility index (Phi) is 3.82. The van der Waals surface area contributed by atoms with Crippen molar-refractivity contribution in [3.05, 3.63) is 0 Å². The maximum absolute atomic E-state index is 6.10. The first-order valence-corrected chi connectivity index (χ1v) is 8.64. The molecular weight excluding hydrogens is 276 g/mol. The van der Waals surface area contributed by atoms with Crippen molar-refractivity contribution in [2.24, 2.45) is 17.3 Å². The zero-order valence-corrected chi connectivity index (χ0v) is 12.4. The maximum Gasteiger partial charge on any atom is 0.0668 e. The lowest BCUT2D eigenvalue weighted by molar-refractivity contribution is 0.0275. The van der Waals surface area contributed by atoms with E-state index in [9.17, 15) is 0 Å². The summed E-state index contributed by atoms with van der Waals surface area (Å²) in [4.78, 5) is 0. The fourth-order valence-electron chi connectivity index (χ4n) is 4.13. The third-order valence-electron chi connectivity index (χ3n) is 5.24. The van der Waals surface area contributed by atoms with Crippen LogP contribution >= 0.6 is 15.9 Å². The van der Waals surface area contributed by atoms with Crippen LogP contribution in [0.1, 0.15) is 57.8 Å². The Labute approximate surface area is 114 Å². The van der Waals surface area contributed by atoms with Crippen molar-refractivity contribution in [1.82, 2.24) is 0 Å². The van der Waals surface area contributed by atoms with E-state index in [4.69, 9.17) is 4.74 Å². The molecule has 98 valence electrons. The second kappa shape index (κ2) is 5.21. The molecular formula is C15H25BrO. The van der Waals surface area contributed by atoms with Crippen LogP contribution in [0.3, 0.4) is 0 Å². The largest absolute Gasteiger partial charge is 0.377 e. The molecule has 0 radical (unpaired) electrons. The Morgan fingerprint density at radius 2 is 1.82 bits per heavy atom. The quantitative estimate of drug-likeness (QED) is 0.693. The molecule has 2 aliphatic carbocycles. The predicted molar refractivity (Wildman–Crippen MR) is 74.5 cm³/mol. The van der Waals surface area contributed by atoms with Gasteiger partial charge in [-0.25, -0.2) is 0 Å². The van der Waals surface area contributed by atoms with E-state index in [0.29, 0.717) is 11.5 Å². The van der Waals surface area contributed by atoms with Crippen molar-refractivity contribution in [2.75, 3.05) is 11.9 Å². The topological polar surface area (TPSA) is 9.23 Å². The molecule has 0 bridgehead atoms. The predicted octanol–water partition coefficient (Wildman–Crippen LogP) is 4.54. The van der Waals surface area contributed by atoms with Gasteiger partial charge in [0.1, 0.15) is 0 Å². The number of rotatable bonds is 4. The van der Waals surface area contributed by atoms with Crippen molar-refractivity contribution in [3.63, 3.8) is 0 Å². The van der Waals surface area contributed by atoms with Crippen LogP contribution in [-0.2, 0) is 4.74 Å². The average Bonchev–Trinajstić information content (AvgIpc) is 3.13. The molecule has 0 aromatic rings. The normalized spacial score (nSPS) is 39.7. The van der Waals surface area contributed by atoms with E-state index in [0.717, 1.165) is 23.8 Å². The maximum atomic E-state index is 6.10. The minimum absolute atomic E-state index is 0.489. The first-order chi connectivity index (χ1) is 8.34. The Balaban J connectivity index is 1.67. The molecule has 1 saturated heterocycles. The summed E-state index contributed by atoms with van der Waals surface area (Å²) in [5.74, 6) is 1.89. The van der Waals surface area contributed by atoms with Gasteiger partial charge in [-0.05, 0) is 37.5 Å². The SMILES string of the molecule is BrCC1(CC2CCCCC2)CCOC1C1CC1. The van der Waals surface area contributed by atoms with Gasteiger partial charge >= 0.3 is 0 Å². The molecule has 1 aliphatic heterocycles. The number of halogens is 1. The van der Waals surface area contributed by atoms with Crippen molar-refractivity contribution < 1.29 is 4.74 Å². The highest BCUT2D eigenvalue weighted by molar-refractivity contribution is 9.09. The monoisotopic (exact) mass is 300 g/mol. The molecule has 2 atom stereocenters. The van der Waals surface area contributed by atoms with Crippen LogP contribution in [0.4, 0.5) is 0 Å². The Hall–Kier alpha value is 0.440. The van der Waals surface area contributed by atoms with Gasteiger partial charge in [-0.15, -0.1) is 0 Å². The summed E-state index contributed by atoms with van der Waals surface area (Å²) in [5.41, 5.74) is 0.489. The summed E-state index contributed by atoms with van der Waals surface area (Å²) < 4.78 is 6.10. The number of alkyl halides is 1. The summed E-state index contributed by atoms with van der Waals surface area (Å²) >= 11 is 3.82. The molecule has 3 rings (SSSR count). The van der Waals surface area contributed by atoms with Crippen LogP contribution in [0.5, 0.6) is 0 Å². The lowest BCUT2D eigenvalue weighted by Gasteiger charge is -2.37. The van der Waals surface area contributed by atoms with Crippen LogP contribution in [-0.4, -0.2) is 18.0 Å². The van der Waals surface area contributed by atoms with E-state index in [1.54, 1.807) is 0 Å². The number of hydrogen-bond donors (Lipinski definition) is 0. The average molecular weight is 301 g/mol. The van der Waals surface area contributed by atoms with Crippen LogP contribution in [0.25, 0.3) is 0 Å². The van der Waals surface area contributed by atoms with Gasteiger partial charge in [0, 0.05) is 17.4 Å². The molecule has 0 spiro atoms. The summed E-state index contributed by atoms with van der Waals surface area (Å²) in [6, 6.07) is 0. The first-order valence-electron chi connectivity index (χ1n) is 7.52. The lowest BCUT2D eigenvalue weighted by atomic mass is 9.71. The highest BCUT2D eigenvalue weighted by Crippen LogP contribution is 2.52. The zero-order valence-electron chi connectivity index (χ0n) is 10.8. The molecule has 1 heterocycles. The summed E-state index contributed by atoms with van der Waals surface area (Å²) in [6.07, 6.45) is 13.5. The highest BCUT2D eigenvalue weighted by atomic mass is 79.9. The van der Waals surface area contributed by atoms with Crippen LogP contribution < -0.4 is 0 Å². The van der Waals surface area contributed by atoms with Crippen molar-refractivity contribution in [2.45, 2.75) is 63.9 Å². The van der Waals surface area contributed by atoms with Gasteiger partial charge in [-0.3, -0.25) is 0 Å². The molecule has 3 fully saturated rings. The first kappa shape index (κ1) is 12.5. The van der Waals surface area contributed by atoms with Crippen molar-refractivity contribution in [1.29, 1.82) is 0 Å². The molecule has 0 N–H and O–H groups in total. The van der Waals surface area contributed by atoms with Gasteiger partial charge in [-0.1, -0.05) is 48.0 Å². The molecule has 2 unspecified atom stereocenters. The van der Waals surface area contributed by atoms with Crippen molar-refractivity contribution in [3.8, 4) is 0 Å². The third kappa shape index (κ3) is 2.58. The van der Waals surface area contributed by atoms with Gasteiger partial charge < -0.3 is 4.74 Å². The molecule has 3 aliphatic rings. The van der Waals surface area contributed by atoms with Gasteiger partial charge in [0.05, 0.1) is 6.10 Å². The molecule has 0 amide bonds. The molecule has 17 heavy (non-hydrogen) atoms. The molecule has 0 aromatic heterocycles. The van der Waals surface area contributed by atoms with E-state index < -0.39 is 0 Å². The summed E-state index contributed by atoms with van der Waals surface area (Å²) in [6.45, 7) is 1.01. The van der Waals surface area contributed by atoms with Gasteiger partial charge in [-0.2, -0.15) is 0 Å². The second-order valence-corrected chi connectivity index (χ2v) is 7.14. The zero-order chi connectivity index (χ0) is 11.7. The fourth-order valence-corrected chi connectivity index (χ4v) is 4.95. The lowest BCUT2D eigenvalue weighted by Crippen LogP contribution is -2.36. The van der Waals surface area contributed by atoms with Crippen molar-refractivity contribution >= 4 is 15.9 Å². The highest BCUT2D eigenvalue weighted by Gasteiger charge is 2.50. The minimum Gasteiger partial charge on any atom is -0.377 e.